The van der Waals surface area contributed by atoms with Crippen LogP contribution in [-0.4, -0.2) is 50.0 Å². The number of para-hydroxylation sites is 1. The monoisotopic (exact) mass is 373 g/mol. The SMILES string of the molecule is COc1ccc(CN(CC(C)C)CC(O)COc2ccccc2)cc1OC. The number of rotatable bonds is 11. The Morgan fingerprint density at radius 3 is 2.26 bits per heavy atom. The highest BCUT2D eigenvalue weighted by molar-refractivity contribution is 5.42. The Morgan fingerprint density at radius 1 is 0.926 bits per heavy atom. The Labute approximate surface area is 162 Å². The second kappa shape index (κ2) is 10.8. The Morgan fingerprint density at radius 2 is 1.63 bits per heavy atom. The molecule has 0 aliphatic heterocycles. The summed E-state index contributed by atoms with van der Waals surface area (Å²) in [5.41, 5.74) is 1.12. The van der Waals surface area contributed by atoms with Gasteiger partial charge in [-0.2, -0.15) is 0 Å². The predicted molar refractivity (Wildman–Crippen MR) is 108 cm³/mol. The first kappa shape index (κ1) is 21.1. The molecular weight excluding hydrogens is 342 g/mol. The van der Waals surface area contributed by atoms with Crippen LogP contribution in [0.25, 0.3) is 0 Å². The summed E-state index contributed by atoms with van der Waals surface area (Å²) >= 11 is 0. The first-order chi connectivity index (χ1) is 13.0. The number of ether oxygens (including phenoxy) is 3. The molecule has 1 unspecified atom stereocenters. The van der Waals surface area contributed by atoms with Gasteiger partial charge in [0, 0.05) is 19.6 Å². The van der Waals surface area contributed by atoms with Gasteiger partial charge in [-0.1, -0.05) is 38.1 Å². The third-order valence-corrected chi connectivity index (χ3v) is 4.13. The van der Waals surface area contributed by atoms with Crippen molar-refractivity contribution >= 4 is 0 Å². The number of aliphatic hydroxyl groups excluding tert-OH is 1. The van der Waals surface area contributed by atoms with Crippen LogP contribution in [0.15, 0.2) is 48.5 Å². The molecule has 2 aromatic rings. The van der Waals surface area contributed by atoms with Crippen molar-refractivity contribution in [2.75, 3.05) is 33.9 Å². The minimum absolute atomic E-state index is 0.268. The maximum absolute atomic E-state index is 10.4. The van der Waals surface area contributed by atoms with E-state index in [1.165, 1.54) is 0 Å². The van der Waals surface area contributed by atoms with Gasteiger partial charge in [0.25, 0.3) is 0 Å². The summed E-state index contributed by atoms with van der Waals surface area (Å²) in [6.07, 6.45) is -0.566. The molecule has 1 atom stereocenters. The first-order valence-electron chi connectivity index (χ1n) is 9.31. The van der Waals surface area contributed by atoms with Crippen LogP contribution in [0.4, 0.5) is 0 Å². The molecule has 2 aromatic carbocycles. The molecule has 0 radical (unpaired) electrons. The molecular formula is C22H31NO4. The van der Waals surface area contributed by atoms with Crippen LogP contribution in [0.5, 0.6) is 17.2 Å². The summed E-state index contributed by atoms with van der Waals surface area (Å²) in [6, 6.07) is 15.5. The van der Waals surface area contributed by atoms with Crippen molar-refractivity contribution in [3.63, 3.8) is 0 Å². The molecule has 5 nitrogen and oxygen atoms in total. The quantitative estimate of drug-likeness (QED) is 0.652. The second-order valence-electron chi connectivity index (χ2n) is 7.06. The second-order valence-corrected chi connectivity index (χ2v) is 7.06. The fourth-order valence-corrected chi connectivity index (χ4v) is 3.02. The van der Waals surface area contributed by atoms with Gasteiger partial charge in [-0.05, 0) is 35.7 Å². The van der Waals surface area contributed by atoms with Crippen molar-refractivity contribution in [3.8, 4) is 17.2 Å². The number of aliphatic hydroxyl groups is 1. The Balaban J connectivity index is 1.97. The lowest BCUT2D eigenvalue weighted by molar-refractivity contribution is 0.0614. The van der Waals surface area contributed by atoms with Gasteiger partial charge in [0.15, 0.2) is 11.5 Å². The van der Waals surface area contributed by atoms with Crippen LogP contribution in [0.1, 0.15) is 19.4 Å². The third kappa shape index (κ3) is 7.12. The summed E-state index contributed by atoms with van der Waals surface area (Å²) in [4.78, 5) is 2.24. The zero-order chi connectivity index (χ0) is 19.6. The van der Waals surface area contributed by atoms with Crippen LogP contribution in [-0.2, 0) is 6.54 Å². The minimum atomic E-state index is -0.566. The lowest BCUT2D eigenvalue weighted by atomic mass is 10.1. The van der Waals surface area contributed by atoms with Gasteiger partial charge in [0.2, 0.25) is 0 Å². The average Bonchev–Trinajstić information content (AvgIpc) is 2.66. The molecule has 0 amide bonds. The van der Waals surface area contributed by atoms with E-state index in [9.17, 15) is 5.11 Å². The van der Waals surface area contributed by atoms with E-state index < -0.39 is 6.10 Å². The van der Waals surface area contributed by atoms with Crippen molar-refractivity contribution in [3.05, 3.63) is 54.1 Å². The molecule has 0 fully saturated rings. The van der Waals surface area contributed by atoms with Crippen LogP contribution >= 0.6 is 0 Å². The van der Waals surface area contributed by atoms with E-state index in [0.29, 0.717) is 24.0 Å². The molecule has 1 N–H and O–H groups in total. The molecule has 0 aliphatic rings. The smallest absolute Gasteiger partial charge is 0.161 e. The normalized spacial score (nSPS) is 12.3. The molecule has 0 saturated heterocycles. The molecule has 148 valence electrons. The zero-order valence-corrected chi connectivity index (χ0v) is 16.7. The number of hydrogen-bond donors (Lipinski definition) is 1. The fourth-order valence-electron chi connectivity index (χ4n) is 3.02. The largest absolute Gasteiger partial charge is 0.493 e. The van der Waals surface area contributed by atoms with Gasteiger partial charge in [-0.25, -0.2) is 0 Å². The van der Waals surface area contributed by atoms with E-state index in [-0.39, 0.29) is 6.61 Å². The summed E-state index contributed by atoms with van der Waals surface area (Å²) in [5, 5.41) is 10.4. The molecule has 27 heavy (non-hydrogen) atoms. The van der Waals surface area contributed by atoms with E-state index in [1.54, 1.807) is 14.2 Å². The molecule has 0 aliphatic carbocycles. The fraction of sp³-hybridized carbons (Fsp3) is 0.455. The van der Waals surface area contributed by atoms with E-state index >= 15 is 0 Å². The maximum Gasteiger partial charge on any atom is 0.161 e. The molecule has 5 heteroatoms. The van der Waals surface area contributed by atoms with Gasteiger partial charge in [-0.3, -0.25) is 4.90 Å². The molecule has 0 bridgehead atoms. The predicted octanol–water partition coefficient (Wildman–Crippen LogP) is 3.60. The molecule has 0 spiro atoms. The van der Waals surface area contributed by atoms with E-state index in [2.05, 4.69) is 18.7 Å². The summed E-state index contributed by atoms with van der Waals surface area (Å²) in [6.45, 7) is 6.77. The van der Waals surface area contributed by atoms with Crippen molar-refractivity contribution in [2.24, 2.45) is 5.92 Å². The molecule has 0 heterocycles. The number of nitrogens with zero attached hydrogens (tertiary/aromatic N) is 1. The molecule has 0 aromatic heterocycles. The minimum Gasteiger partial charge on any atom is -0.493 e. The summed E-state index contributed by atoms with van der Waals surface area (Å²) < 4.78 is 16.4. The number of methoxy groups -OCH3 is 2. The zero-order valence-electron chi connectivity index (χ0n) is 16.7. The van der Waals surface area contributed by atoms with E-state index in [4.69, 9.17) is 14.2 Å². The number of hydrogen-bond acceptors (Lipinski definition) is 5. The Kier molecular flexibility index (Phi) is 8.43. The summed E-state index contributed by atoms with van der Waals surface area (Å²) in [7, 11) is 3.27. The maximum atomic E-state index is 10.4. The lowest BCUT2D eigenvalue weighted by Crippen LogP contribution is -2.37. The number of benzene rings is 2. The van der Waals surface area contributed by atoms with Crippen molar-refractivity contribution in [1.29, 1.82) is 0 Å². The van der Waals surface area contributed by atoms with E-state index in [0.717, 1.165) is 24.4 Å². The standard InChI is InChI=1S/C22H31NO4/c1-17(2)13-23(14-18-10-11-21(25-3)22(12-18)26-4)15-19(24)16-27-20-8-6-5-7-9-20/h5-12,17,19,24H,13-16H2,1-4H3. The van der Waals surface area contributed by atoms with Gasteiger partial charge >= 0.3 is 0 Å². The van der Waals surface area contributed by atoms with Crippen LogP contribution < -0.4 is 14.2 Å². The highest BCUT2D eigenvalue weighted by atomic mass is 16.5. The van der Waals surface area contributed by atoms with Crippen molar-refractivity contribution in [1.82, 2.24) is 4.90 Å². The van der Waals surface area contributed by atoms with Crippen LogP contribution in [0.2, 0.25) is 0 Å². The van der Waals surface area contributed by atoms with Crippen LogP contribution in [0, 0.1) is 5.92 Å². The van der Waals surface area contributed by atoms with Gasteiger partial charge in [0.1, 0.15) is 18.5 Å². The highest BCUT2D eigenvalue weighted by Crippen LogP contribution is 2.28. The first-order valence-corrected chi connectivity index (χ1v) is 9.31. The Bertz CT molecular complexity index is 675. The van der Waals surface area contributed by atoms with E-state index in [1.807, 2.05) is 48.5 Å². The molecule has 0 saturated carbocycles. The molecule has 2 rings (SSSR count). The lowest BCUT2D eigenvalue weighted by Gasteiger charge is -2.27. The Hall–Kier alpha value is -2.24. The topological polar surface area (TPSA) is 51.2 Å². The van der Waals surface area contributed by atoms with Crippen molar-refractivity contribution < 1.29 is 19.3 Å². The van der Waals surface area contributed by atoms with Gasteiger partial charge in [-0.15, -0.1) is 0 Å². The van der Waals surface area contributed by atoms with Gasteiger partial charge < -0.3 is 19.3 Å². The average molecular weight is 373 g/mol. The highest BCUT2D eigenvalue weighted by Gasteiger charge is 2.15. The van der Waals surface area contributed by atoms with Gasteiger partial charge in [0.05, 0.1) is 14.2 Å². The third-order valence-electron chi connectivity index (χ3n) is 4.13. The van der Waals surface area contributed by atoms with Crippen molar-refractivity contribution in [2.45, 2.75) is 26.5 Å². The van der Waals surface area contributed by atoms with Crippen LogP contribution in [0.3, 0.4) is 0 Å². The summed E-state index contributed by atoms with van der Waals surface area (Å²) in [5.74, 6) is 2.69.